The summed E-state index contributed by atoms with van der Waals surface area (Å²) in [4.78, 5) is 11.0. The van der Waals surface area contributed by atoms with E-state index >= 15 is 0 Å². The number of rotatable bonds is 5. The lowest BCUT2D eigenvalue weighted by molar-refractivity contribution is -0.118. The van der Waals surface area contributed by atoms with Crippen LogP contribution in [0.4, 0.5) is 4.39 Å². The van der Waals surface area contributed by atoms with Gasteiger partial charge in [0.25, 0.3) is 0 Å². The highest BCUT2D eigenvalue weighted by atomic mass is 19.1. The quantitative estimate of drug-likeness (QED) is 0.719. The van der Waals surface area contributed by atoms with Gasteiger partial charge in [-0.05, 0) is 24.1 Å². The molecule has 1 aromatic carbocycles. The maximum Gasteiger partial charge on any atom is 0.132 e. The number of hydrogen-bond acceptors (Lipinski definition) is 1. The Morgan fingerprint density at radius 2 is 2.00 bits per heavy atom. The zero-order chi connectivity index (χ0) is 11.1. The predicted molar refractivity (Wildman–Crippen MR) is 60.0 cm³/mol. The fraction of sp³-hybridized carbons (Fsp3) is 0.308. The fourth-order valence-electron chi connectivity index (χ4n) is 1.21. The Hall–Kier alpha value is -1.44. The third-order valence-electron chi connectivity index (χ3n) is 2.16. The summed E-state index contributed by atoms with van der Waals surface area (Å²) in [6, 6.07) is 6.29. The van der Waals surface area contributed by atoms with E-state index in [0.29, 0.717) is 12.8 Å². The Bertz CT molecular complexity index is 338. The molecule has 0 N–H and O–H groups in total. The van der Waals surface area contributed by atoms with E-state index in [9.17, 15) is 9.18 Å². The van der Waals surface area contributed by atoms with Crippen LogP contribution in [0.3, 0.4) is 0 Å². The first kappa shape index (κ1) is 11.6. The topological polar surface area (TPSA) is 17.1 Å². The second kappa shape index (κ2) is 6.12. The van der Waals surface area contributed by atoms with Crippen molar-refractivity contribution in [2.24, 2.45) is 0 Å². The summed E-state index contributed by atoms with van der Waals surface area (Å²) in [5, 5.41) is 0. The van der Waals surface area contributed by atoms with Crippen molar-refractivity contribution in [3.63, 3.8) is 0 Å². The number of carbonyl (C=O) groups excluding carboxylic acids is 1. The third-order valence-corrected chi connectivity index (χ3v) is 2.16. The Labute approximate surface area is 89.6 Å². The van der Waals surface area contributed by atoms with E-state index in [2.05, 4.69) is 0 Å². The van der Waals surface area contributed by atoms with Crippen molar-refractivity contribution < 1.29 is 9.18 Å². The van der Waals surface area contributed by atoms with Gasteiger partial charge in [0.1, 0.15) is 11.6 Å². The van der Waals surface area contributed by atoms with Gasteiger partial charge in [-0.1, -0.05) is 31.2 Å². The number of hydrogen-bond donors (Lipinski definition) is 0. The molecule has 1 nitrogen and oxygen atoms in total. The maximum atomic E-state index is 12.6. The molecule has 1 aromatic rings. The molecule has 0 fully saturated rings. The molecule has 0 saturated heterocycles. The second-order valence-electron chi connectivity index (χ2n) is 3.38. The maximum absolute atomic E-state index is 12.6. The van der Waals surface area contributed by atoms with E-state index in [4.69, 9.17) is 0 Å². The molecule has 0 atom stereocenters. The minimum Gasteiger partial charge on any atom is -0.300 e. The smallest absolute Gasteiger partial charge is 0.132 e. The first-order valence-corrected chi connectivity index (χ1v) is 5.16. The van der Waals surface area contributed by atoms with Crippen LogP contribution in [0.15, 0.2) is 30.3 Å². The molecule has 0 amide bonds. The van der Waals surface area contributed by atoms with Crippen molar-refractivity contribution in [1.29, 1.82) is 0 Å². The molecular formula is C13H15FO. The molecule has 0 unspecified atom stereocenters. The molecule has 2 heteroatoms. The lowest BCUT2D eigenvalue weighted by atomic mass is 10.1. The molecule has 0 heterocycles. The number of allylic oxidation sites excluding steroid dienone is 1. The standard InChI is InChI=1S/C13H15FO/c1-2-13(15)6-4-3-5-11-7-9-12(14)10-8-11/h3,5,7-10H,2,4,6H2,1H3/b5-3+. The van der Waals surface area contributed by atoms with Crippen molar-refractivity contribution in [2.75, 3.05) is 0 Å². The van der Waals surface area contributed by atoms with Gasteiger partial charge in [0, 0.05) is 12.8 Å². The van der Waals surface area contributed by atoms with Gasteiger partial charge in [0.05, 0.1) is 0 Å². The average molecular weight is 206 g/mol. The average Bonchev–Trinajstić information content (AvgIpc) is 2.26. The summed E-state index contributed by atoms with van der Waals surface area (Å²) in [5.41, 5.74) is 0.959. The highest BCUT2D eigenvalue weighted by molar-refractivity contribution is 5.78. The van der Waals surface area contributed by atoms with Crippen molar-refractivity contribution in [1.82, 2.24) is 0 Å². The summed E-state index contributed by atoms with van der Waals surface area (Å²) in [7, 11) is 0. The molecule has 0 bridgehead atoms. The number of halogens is 1. The Morgan fingerprint density at radius 1 is 1.33 bits per heavy atom. The van der Waals surface area contributed by atoms with Crippen molar-refractivity contribution in [3.05, 3.63) is 41.7 Å². The van der Waals surface area contributed by atoms with Gasteiger partial charge in [-0.2, -0.15) is 0 Å². The van der Waals surface area contributed by atoms with Crippen molar-refractivity contribution >= 4 is 11.9 Å². The van der Waals surface area contributed by atoms with E-state index < -0.39 is 0 Å². The second-order valence-corrected chi connectivity index (χ2v) is 3.38. The Morgan fingerprint density at radius 3 is 2.60 bits per heavy atom. The van der Waals surface area contributed by atoms with E-state index in [0.717, 1.165) is 12.0 Å². The highest BCUT2D eigenvalue weighted by Gasteiger charge is 1.94. The molecule has 0 radical (unpaired) electrons. The summed E-state index contributed by atoms with van der Waals surface area (Å²) in [5.74, 6) is 0.0482. The van der Waals surface area contributed by atoms with Crippen LogP contribution in [-0.2, 0) is 4.79 Å². The SMILES string of the molecule is CCC(=O)CC/C=C/c1ccc(F)cc1. The normalized spacial score (nSPS) is 10.8. The molecule has 0 spiro atoms. The monoisotopic (exact) mass is 206 g/mol. The van der Waals surface area contributed by atoms with Gasteiger partial charge in [0.15, 0.2) is 0 Å². The fourth-order valence-corrected chi connectivity index (χ4v) is 1.21. The molecule has 0 aliphatic carbocycles. The minimum absolute atomic E-state index is 0.228. The van der Waals surface area contributed by atoms with E-state index in [-0.39, 0.29) is 11.6 Å². The zero-order valence-corrected chi connectivity index (χ0v) is 8.87. The third kappa shape index (κ3) is 4.54. The van der Waals surface area contributed by atoms with Crippen molar-refractivity contribution in [3.8, 4) is 0 Å². The molecule has 0 aliphatic heterocycles. The number of benzene rings is 1. The van der Waals surface area contributed by atoms with Gasteiger partial charge >= 0.3 is 0 Å². The van der Waals surface area contributed by atoms with E-state index in [1.165, 1.54) is 12.1 Å². The summed E-state index contributed by atoms with van der Waals surface area (Å²) < 4.78 is 12.6. The lowest BCUT2D eigenvalue weighted by Crippen LogP contribution is -1.92. The van der Waals surface area contributed by atoms with Gasteiger partial charge in [-0.15, -0.1) is 0 Å². The molecule has 80 valence electrons. The molecule has 1 rings (SSSR count). The molecule has 15 heavy (non-hydrogen) atoms. The Balaban J connectivity index is 2.38. The van der Waals surface area contributed by atoms with E-state index in [1.54, 1.807) is 12.1 Å². The first-order valence-electron chi connectivity index (χ1n) is 5.16. The van der Waals surface area contributed by atoms with Crippen LogP contribution < -0.4 is 0 Å². The number of ketones is 1. The van der Waals surface area contributed by atoms with Crippen LogP contribution in [0.5, 0.6) is 0 Å². The summed E-state index contributed by atoms with van der Waals surface area (Å²) in [6.07, 6.45) is 5.80. The van der Waals surface area contributed by atoms with Crippen LogP contribution in [0.1, 0.15) is 31.7 Å². The van der Waals surface area contributed by atoms with Crippen LogP contribution in [0.2, 0.25) is 0 Å². The van der Waals surface area contributed by atoms with Crippen molar-refractivity contribution in [2.45, 2.75) is 26.2 Å². The van der Waals surface area contributed by atoms with Crippen LogP contribution in [-0.4, -0.2) is 5.78 Å². The molecule has 0 aliphatic rings. The zero-order valence-electron chi connectivity index (χ0n) is 8.87. The van der Waals surface area contributed by atoms with Gasteiger partial charge in [-0.3, -0.25) is 4.79 Å². The lowest BCUT2D eigenvalue weighted by Gasteiger charge is -1.94. The van der Waals surface area contributed by atoms with Gasteiger partial charge in [-0.25, -0.2) is 4.39 Å². The first-order chi connectivity index (χ1) is 7.22. The van der Waals surface area contributed by atoms with Crippen LogP contribution >= 0.6 is 0 Å². The molecule has 0 saturated carbocycles. The van der Waals surface area contributed by atoms with E-state index in [1.807, 2.05) is 19.1 Å². The van der Waals surface area contributed by atoms with Gasteiger partial charge in [0.2, 0.25) is 0 Å². The largest absolute Gasteiger partial charge is 0.300 e. The predicted octanol–water partition coefficient (Wildman–Crippen LogP) is 3.60. The number of carbonyl (C=O) groups is 1. The highest BCUT2D eigenvalue weighted by Crippen LogP contribution is 2.06. The van der Waals surface area contributed by atoms with Crippen LogP contribution in [0, 0.1) is 5.82 Å². The van der Waals surface area contributed by atoms with Gasteiger partial charge < -0.3 is 0 Å². The van der Waals surface area contributed by atoms with Crippen LogP contribution in [0.25, 0.3) is 6.08 Å². The molecule has 0 aromatic heterocycles. The number of Topliss-reactive ketones (excluding diaryl/α,β-unsaturated/α-hetero) is 1. The Kier molecular flexibility index (Phi) is 4.75. The summed E-state index contributed by atoms with van der Waals surface area (Å²) >= 11 is 0. The minimum atomic E-state index is -0.228. The molecular weight excluding hydrogens is 191 g/mol. The summed E-state index contributed by atoms with van der Waals surface area (Å²) in [6.45, 7) is 1.87.